The molecule has 3 N–H and O–H groups in total. The summed E-state index contributed by atoms with van der Waals surface area (Å²) >= 11 is 0. The molecule has 1 aliphatic heterocycles. The van der Waals surface area contributed by atoms with Gasteiger partial charge < -0.3 is 16.0 Å². The highest BCUT2D eigenvalue weighted by Crippen LogP contribution is 2.21. The molecule has 1 atom stereocenters. The molecule has 1 aromatic carbocycles. The van der Waals surface area contributed by atoms with E-state index >= 15 is 0 Å². The number of nitrogens with one attached hydrogen (secondary N) is 1. The van der Waals surface area contributed by atoms with E-state index in [1.54, 1.807) is 0 Å². The molecular formula is C19H29N3O2. The molecule has 1 unspecified atom stereocenters. The summed E-state index contributed by atoms with van der Waals surface area (Å²) in [4.78, 5) is 25.8. The second-order valence-electron chi connectivity index (χ2n) is 6.63. The molecule has 0 spiro atoms. The molecule has 0 saturated carbocycles. The Morgan fingerprint density at radius 3 is 2.54 bits per heavy atom. The fourth-order valence-corrected chi connectivity index (χ4v) is 3.18. The van der Waals surface area contributed by atoms with Crippen molar-refractivity contribution in [2.75, 3.05) is 19.6 Å². The largest absolute Gasteiger partial charge is 0.346 e. The van der Waals surface area contributed by atoms with Gasteiger partial charge in [-0.1, -0.05) is 43.7 Å². The average molecular weight is 331 g/mol. The van der Waals surface area contributed by atoms with Crippen LogP contribution in [-0.2, 0) is 16.0 Å². The minimum absolute atomic E-state index is 0.00907. The number of benzene rings is 1. The first kappa shape index (κ1) is 18.5. The van der Waals surface area contributed by atoms with Gasteiger partial charge >= 0.3 is 0 Å². The van der Waals surface area contributed by atoms with Gasteiger partial charge in [-0.25, -0.2) is 0 Å². The summed E-state index contributed by atoms with van der Waals surface area (Å²) in [5.74, 6) is 0.387. The smallest absolute Gasteiger partial charge is 0.241 e. The molecule has 2 rings (SSSR count). The van der Waals surface area contributed by atoms with E-state index in [0.717, 1.165) is 38.8 Å². The molecule has 0 aliphatic carbocycles. The first-order valence-corrected chi connectivity index (χ1v) is 8.95. The number of hydrogen-bond acceptors (Lipinski definition) is 3. The van der Waals surface area contributed by atoms with Crippen LogP contribution in [0.3, 0.4) is 0 Å². The van der Waals surface area contributed by atoms with Crippen molar-refractivity contribution in [2.45, 2.75) is 45.1 Å². The van der Waals surface area contributed by atoms with Crippen LogP contribution in [0.25, 0.3) is 0 Å². The van der Waals surface area contributed by atoms with Gasteiger partial charge in [-0.2, -0.15) is 0 Å². The van der Waals surface area contributed by atoms with Gasteiger partial charge in [-0.05, 0) is 37.2 Å². The summed E-state index contributed by atoms with van der Waals surface area (Å²) in [5.41, 5.74) is 7.11. The Bertz CT molecular complexity index is 525. The van der Waals surface area contributed by atoms with Crippen LogP contribution in [0.4, 0.5) is 0 Å². The topological polar surface area (TPSA) is 75.4 Å². The van der Waals surface area contributed by atoms with E-state index in [9.17, 15) is 9.59 Å². The lowest BCUT2D eigenvalue weighted by atomic mass is 9.90. The van der Waals surface area contributed by atoms with E-state index < -0.39 is 6.04 Å². The van der Waals surface area contributed by atoms with Crippen molar-refractivity contribution in [3.63, 3.8) is 0 Å². The minimum Gasteiger partial charge on any atom is -0.346 e. The van der Waals surface area contributed by atoms with E-state index in [2.05, 4.69) is 29.6 Å². The third kappa shape index (κ3) is 5.64. The van der Waals surface area contributed by atoms with Crippen LogP contribution >= 0.6 is 0 Å². The number of carbonyl (C=O) groups excluding carboxylic acids is 2. The molecule has 24 heavy (non-hydrogen) atoms. The summed E-state index contributed by atoms with van der Waals surface area (Å²) in [7, 11) is 0. The SMILES string of the molecule is CCCC(N)C(=O)NCC(=O)N1CCC(Cc2ccccc2)CC1. The lowest BCUT2D eigenvalue weighted by molar-refractivity contribution is -0.134. The highest BCUT2D eigenvalue weighted by molar-refractivity contribution is 5.87. The second kappa shape index (κ2) is 9.42. The number of nitrogens with zero attached hydrogens (tertiary/aromatic N) is 1. The van der Waals surface area contributed by atoms with Crippen LogP contribution in [0.2, 0.25) is 0 Å². The maximum Gasteiger partial charge on any atom is 0.241 e. The number of carbonyl (C=O) groups is 2. The molecule has 1 saturated heterocycles. The van der Waals surface area contributed by atoms with E-state index in [0.29, 0.717) is 12.3 Å². The predicted octanol–water partition coefficient (Wildman–Crippen LogP) is 1.71. The zero-order valence-electron chi connectivity index (χ0n) is 14.5. The molecule has 5 heteroatoms. The quantitative estimate of drug-likeness (QED) is 0.799. The Morgan fingerprint density at radius 2 is 1.92 bits per heavy atom. The minimum atomic E-state index is -0.514. The fourth-order valence-electron chi connectivity index (χ4n) is 3.18. The average Bonchev–Trinajstić information content (AvgIpc) is 2.61. The maximum atomic E-state index is 12.2. The molecular weight excluding hydrogens is 302 g/mol. The van der Waals surface area contributed by atoms with Gasteiger partial charge in [0.2, 0.25) is 11.8 Å². The normalized spacial score (nSPS) is 16.7. The number of likely N-dealkylation sites (tertiary alicyclic amines) is 1. The molecule has 1 fully saturated rings. The molecule has 1 aliphatic rings. The van der Waals surface area contributed by atoms with Gasteiger partial charge in [0, 0.05) is 13.1 Å². The van der Waals surface area contributed by atoms with Gasteiger partial charge in [0.1, 0.15) is 0 Å². The van der Waals surface area contributed by atoms with E-state index in [4.69, 9.17) is 5.73 Å². The first-order valence-electron chi connectivity index (χ1n) is 8.95. The lowest BCUT2D eigenvalue weighted by Crippen LogP contribution is -2.47. The predicted molar refractivity (Wildman–Crippen MR) is 95.3 cm³/mol. The third-order valence-corrected chi connectivity index (χ3v) is 4.68. The summed E-state index contributed by atoms with van der Waals surface area (Å²) in [6, 6.07) is 9.98. The number of piperidine rings is 1. The van der Waals surface area contributed by atoms with E-state index in [1.165, 1.54) is 5.56 Å². The molecule has 132 valence electrons. The number of hydrogen-bond donors (Lipinski definition) is 2. The van der Waals surface area contributed by atoms with Crippen molar-refractivity contribution in [2.24, 2.45) is 11.7 Å². The van der Waals surface area contributed by atoms with Gasteiger partial charge in [0.15, 0.2) is 0 Å². The summed E-state index contributed by atoms with van der Waals surface area (Å²) in [6.45, 7) is 3.58. The van der Waals surface area contributed by atoms with Crippen LogP contribution < -0.4 is 11.1 Å². The second-order valence-corrected chi connectivity index (χ2v) is 6.63. The van der Waals surface area contributed by atoms with Gasteiger partial charge in [0.05, 0.1) is 12.6 Å². The number of nitrogens with two attached hydrogens (primary N) is 1. The molecule has 5 nitrogen and oxygen atoms in total. The van der Waals surface area contributed by atoms with Crippen LogP contribution in [0, 0.1) is 5.92 Å². The zero-order chi connectivity index (χ0) is 17.4. The van der Waals surface area contributed by atoms with Crippen LogP contribution in [0.1, 0.15) is 38.2 Å². The van der Waals surface area contributed by atoms with Gasteiger partial charge in [-0.15, -0.1) is 0 Å². The Morgan fingerprint density at radius 1 is 1.25 bits per heavy atom. The summed E-state index contributed by atoms with van der Waals surface area (Å²) < 4.78 is 0. The van der Waals surface area contributed by atoms with E-state index in [-0.39, 0.29) is 18.4 Å². The Labute approximate surface area is 144 Å². The van der Waals surface area contributed by atoms with Crippen LogP contribution in [-0.4, -0.2) is 42.4 Å². The van der Waals surface area contributed by atoms with Crippen molar-refractivity contribution in [1.82, 2.24) is 10.2 Å². The number of amides is 2. The van der Waals surface area contributed by atoms with Crippen molar-refractivity contribution < 1.29 is 9.59 Å². The standard InChI is InChI=1S/C19H29N3O2/c1-2-6-17(20)19(24)21-14-18(23)22-11-9-16(10-12-22)13-15-7-4-3-5-8-15/h3-5,7-8,16-17H,2,6,9-14,20H2,1H3,(H,21,24). The van der Waals surface area contributed by atoms with Gasteiger partial charge in [-0.3, -0.25) is 9.59 Å². The lowest BCUT2D eigenvalue weighted by Gasteiger charge is -2.32. The number of rotatable bonds is 7. The maximum absolute atomic E-state index is 12.2. The molecule has 0 radical (unpaired) electrons. The molecule has 0 bridgehead atoms. The van der Waals surface area contributed by atoms with Crippen LogP contribution in [0.5, 0.6) is 0 Å². The highest BCUT2D eigenvalue weighted by Gasteiger charge is 2.23. The Balaban J connectivity index is 1.70. The molecule has 1 aromatic rings. The highest BCUT2D eigenvalue weighted by atomic mass is 16.2. The third-order valence-electron chi connectivity index (χ3n) is 4.68. The summed E-state index contributed by atoms with van der Waals surface area (Å²) in [5, 5.41) is 2.66. The summed E-state index contributed by atoms with van der Waals surface area (Å²) in [6.07, 6.45) is 4.61. The van der Waals surface area contributed by atoms with E-state index in [1.807, 2.05) is 17.9 Å². The monoisotopic (exact) mass is 331 g/mol. The van der Waals surface area contributed by atoms with Crippen molar-refractivity contribution >= 4 is 11.8 Å². The molecule has 0 aromatic heterocycles. The Hall–Kier alpha value is -1.88. The van der Waals surface area contributed by atoms with Crippen molar-refractivity contribution in [3.05, 3.63) is 35.9 Å². The van der Waals surface area contributed by atoms with Crippen molar-refractivity contribution in [3.8, 4) is 0 Å². The molecule has 2 amide bonds. The fraction of sp³-hybridized carbons (Fsp3) is 0.579. The first-order chi connectivity index (χ1) is 11.6. The Kier molecular flexibility index (Phi) is 7.25. The van der Waals surface area contributed by atoms with Crippen LogP contribution in [0.15, 0.2) is 30.3 Å². The zero-order valence-corrected chi connectivity index (χ0v) is 14.5. The van der Waals surface area contributed by atoms with Gasteiger partial charge in [0.25, 0.3) is 0 Å². The van der Waals surface area contributed by atoms with Crippen molar-refractivity contribution in [1.29, 1.82) is 0 Å². The molecule has 1 heterocycles.